The van der Waals surface area contributed by atoms with Gasteiger partial charge in [-0.2, -0.15) is 0 Å². The number of hydrogen-bond acceptors (Lipinski definition) is 3. The molecule has 0 fully saturated rings. The number of nitrogens with zero attached hydrogens (tertiary/aromatic N) is 1. The summed E-state index contributed by atoms with van der Waals surface area (Å²) in [5.41, 5.74) is 0.956. The van der Waals surface area contributed by atoms with Gasteiger partial charge in [0.1, 0.15) is 6.61 Å². The minimum Gasteiger partial charge on any atom is -0.445 e. The number of likely N-dealkylation sites (N-methyl/N-ethyl adjacent to an activating group) is 1. The molecule has 0 aliphatic carbocycles. The topological polar surface area (TPSA) is 49.8 Å². The van der Waals surface area contributed by atoms with E-state index in [2.05, 4.69) is 0 Å². The van der Waals surface area contributed by atoms with Gasteiger partial charge in [0.05, 0.1) is 6.10 Å². The molecule has 1 N–H and O–H groups in total. The van der Waals surface area contributed by atoms with Crippen LogP contribution in [0.3, 0.4) is 0 Å². The largest absolute Gasteiger partial charge is 0.445 e. The highest BCUT2D eigenvalue weighted by atomic mass is 16.6. The van der Waals surface area contributed by atoms with Crippen LogP contribution in [0.25, 0.3) is 0 Å². The van der Waals surface area contributed by atoms with E-state index in [-0.39, 0.29) is 12.7 Å². The fraction of sp³-hybridized carbons (Fsp3) is 0.500. The normalized spacial score (nSPS) is 11.9. The van der Waals surface area contributed by atoms with E-state index in [1.807, 2.05) is 44.2 Å². The lowest BCUT2D eigenvalue weighted by atomic mass is 10.2. The van der Waals surface area contributed by atoms with Gasteiger partial charge in [-0.05, 0) is 18.9 Å². The van der Waals surface area contributed by atoms with Crippen molar-refractivity contribution in [2.24, 2.45) is 0 Å². The molecule has 1 aromatic rings. The average Bonchev–Trinajstić information content (AvgIpc) is 2.42. The summed E-state index contributed by atoms with van der Waals surface area (Å²) in [4.78, 5) is 13.3. The second-order valence-electron chi connectivity index (χ2n) is 4.14. The maximum Gasteiger partial charge on any atom is 0.410 e. The number of aliphatic hydroxyl groups excluding tert-OH is 1. The van der Waals surface area contributed by atoms with Crippen molar-refractivity contribution in [2.45, 2.75) is 33.0 Å². The Morgan fingerprint density at radius 3 is 2.56 bits per heavy atom. The van der Waals surface area contributed by atoms with Crippen LogP contribution in [0.1, 0.15) is 25.8 Å². The number of rotatable bonds is 6. The molecule has 4 heteroatoms. The van der Waals surface area contributed by atoms with E-state index in [9.17, 15) is 9.90 Å². The Balaban J connectivity index is 2.43. The summed E-state index contributed by atoms with van der Waals surface area (Å²) in [5.74, 6) is 0. The summed E-state index contributed by atoms with van der Waals surface area (Å²) < 4.78 is 5.20. The minimum absolute atomic E-state index is 0.262. The molecular formula is C14H21NO3. The molecule has 1 rings (SSSR count). The van der Waals surface area contributed by atoms with E-state index in [1.165, 1.54) is 4.90 Å². The Labute approximate surface area is 108 Å². The Bertz CT molecular complexity index is 353. The van der Waals surface area contributed by atoms with Crippen molar-refractivity contribution in [2.75, 3.05) is 13.1 Å². The maximum absolute atomic E-state index is 11.8. The van der Waals surface area contributed by atoms with Crippen LogP contribution in [0.2, 0.25) is 0 Å². The van der Waals surface area contributed by atoms with E-state index in [0.717, 1.165) is 5.56 Å². The monoisotopic (exact) mass is 251 g/mol. The number of amides is 1. The molecule has 0 unspecified atom stereocenters. The molecule has 0 saturated heterocycles. The van der Waals surface area contributed by atoms with Gasteiger partial charge in [-0.3, -0.25) is 0 Å². The van der Waals surface area contributed by atoms with Crippen molar-refractivity contribution in [3.05, 3.63) is 35.9 Å². The van der Waals surface area contributed by atoms with E-state index in [1.54, 1.807) is 0 Å². The molecule has 0 aliphatic rings. The van der Waals surface area contributed by atoms with E-state index < -0.39 is 6.10 Å². The van der Waals surface area contributed by atoms with Crippen molar-refractivity contribution in [1.29, 1.82) is 0 Å². The summed E-state index contributed by atoms with van der Waals surface area (Å²) in [7, 11) is 0. The molecule has 100 valence electrons. The third-order valence-electron chi connectivity index (χ3n) is 2.75. The van der Waals surface area contributed by atoms with Gasteiger partial charge in [0.25, 0.3) is 0 Å². The Morgan fingerprint density at radius 2 is 2.00 bits per heavy atom. The zero-order valence-corrected chi connectivity index (χ0v) is 11.0. The predicted molar refractivity (Wildman–Crippen MR) is 70.2 cm³/mol. The molecule has 0 saturated carbocycles. The molecule has 1 atom stereocenters. The average molecular weight is 251 g/mol. The lowest BCUT2D eigenvalue weighted by Gasteiger charge is -2.22. The standard InChI is InChI=1S/C14H21NO3/c1-3-13(16)10-15(4-2)14(17)18-11-12-8-6-5-7-9-12/h5-9,13,16H,3-4,10-11H2,1-2H3/t13-/m0/s1. The quantitative estimate of drug-likeness (QED) is 0.844. The highest BCUT2D eigenvalue weighted by Crippen LogP contribution is 2.04. The van der Waals surface area contributed by atoms with Crippen LogP contribution < -0.4 is 0 Å². The molecule has 4 nitrogen and oxygen atoms in total. The highest BCUT2D eigenvalue weighted by molar-refractivity contribution is 5.67. The van der Waals surface area contributed by atoms with Crippen molar-refractivity contribution >= 4 is 6.09 Å². The first-order valence-electron chi connectivity index (χ1n) is 6.31. The summed E-state index contributed by atoms with van der Waals surface area (Å²) in [6.07, 6.45) is -0.245. The zero-order valence-electron chi connectivity index (χ0n) is 11.0. The molecule has 18 heavy (non-hydrogen) atoms. The fourth-order valence-electron chi connectivity index (χ4n) is 1.53. The lowest BCUT2D eigenvalue weighted by Crippen LogP contribution is -2.37. The van der Waals surface area contributed by atoms with Crippen molar-refractivity contribution in [3.63, 3.8) is 0 Å². The van der Waals surface area contributed by atoms with Crippen LogP contribution in [-0.2, 0) is 11.3 Å². The van der Waals surface area contributed by atoms with Gasteiger partial charge in [-0.1, -0.05) is 37.3 Å². The molecule has 1 aromatic carbocycles. The first-order valence-corrected chi connectivity index (χ1v) is 6.31. The fourth-order valence-corrected chi connectivity index (χ4v) is 1.53. The number of carbonyl (C=O) groups excluding carboxylic acids is 1. The number of aliphatic hydroxyl groups is 1. The number of carbonyl (C=O) groups is 1. The molecule has 1 amide bonds. The van der Waals surface area contributed by atoms with Crippen LogP contribution in [-0.4, -0.2) is 35.3 Å². The van der Waals surface area contributed by atoms with E-state index >= 15 is 0 Å². The zero-order chi connectivity index (χ0) is 13.4. The van der Waals surface area contributed by atoms with Gasteiger partial charge < -0.3 is 14.7 Å². The van der Waals surface area contributed by atoms with Crippen LogP contribution in [0.4, 0.5) is 4.79 Å². The molecule has 0 heterocycles. The van der Waals surface area contributed by atoms with Crippen LogP contribution >= 0.6 is 0 Å². The molecule has 0 bridgehead atoms. The van der Waals surface area contributed by atoms with Gasteiger partial charge in [-0.15, -0.1) is 0 Å². The van der Waals surface area contributed by atoms with Crippen molar-refractivity contribution < 1.29 is 14.6 Å². The van der Waals surface area contributed by atoms with Crippen molar-refractivity contribution in [3.8, 4) is 0 Å². The van der Waals surface area contributed by atoms with Gasteiger partial charge in [-0.25, -0.2) is 4.79 Å². The smallest absolute Gasteiger partial charge is 0.410 e. The number of benzene rings is 1. The first-order chi connectivity index (χ1) is 8.67. The number of ether oxygens (including phenoxy) is 1. The lowest BCUT2D eigenvalue weighted by molar-refractivity contribution is 0.0698. The van der Waals surface area contributed by atoms with E-state index in [4.69, 9.17) is 4.74 Å². The van der Waals surface area contributed by atoms with Gasteiger partial charge >= 0.3 is 6.09 Å². The minimum atomic E-state index is -0.491. The Hall–Kier alpha value is -1.55. The molecule has 0 aliphatic heterocycles. The Morgan fingerprint density at radius 1 is 1.33 bits per heavy atom. The van der Waals surface area contributed by atoms with Crippen LogP contribution in [0.15, 0.2) is 30.3 Å². The maximum atomic E-state index is 11.8. The third-order valence-corrected chi connectivity index (χ3v) is 2.75. The highest BCUT2D eigenvalue weighted by Gasteiger charge is 2.16. The number of hydrogen-bond donors (Lipinski definition) is 1. The van der Waals surface area contributed by atoms with Crippen LogP contribution in [0, 0.1) is 0 Å². The predicted octanol–water partition coefficient (Wildman–Crippen LogP) is 2.42. The van der Waals surface area contributed by atoms with Gasteiger partial charge in [0, 0.05) is 13.1 Å². The van der Waals surface area contributed by atoms with Crippen LogP contribution in [0.5, 0.6) is 0 Å². The molecule has 0 aromatic heterocycles. The summed E-state index contributed by atoms with van der Waals surface area (Å²) >= 11 is 0. The summed E-state index contributed by atoms with van der Waals surface area (Å²) in [6, 6.07) is 9.54. The summed E-state index contributed by atoms with van der Waals surface area (Å²) in [6.45, 7) is 4.86. The summed E-state index contributed by atoms with van der Waals surface area (Å²) in [5, 5.41) is 9.54. The molecular weight excluding hydrogens is 230 g/mol. The van der Waals surface area contributed by atoms with Gasteiger partial charge in [0.15, 0.2) is 0 Å². The SMILES string of the molecule is CC[C@H](O)CN(CC)C(=O)OCc1ccccc1. The second-order valence-corrected chi connectivity index (χ2v) is 4.14. The Kier molecular flexibility index (Phi) is 6.22. The van der Waals surface area contributed by atoms with Gasteiger partial charge in [0.2, 0.25) is 0 Å². The third kappa shape index (κ3) is 4.75. The second kappa shape index (κ2) is 7.71. The first kappa shape index (κ1) is 14.5. The van der Waals surface area contributed by atoms with E-state index in [0.29, 0.717) is 19.5 Å². The molecule has 0 radical (unpaired) electrons. The van der Waals surface area contributed by atoms with Crippen molar-refractivity contribution in [1.82, 2.24) is 4.90 Å². The molecule has 0 spiro atoms.